The highest BCUT2D eigenvalue weighted by atomic mass is 16.5. The lowest BCUT2D eigenvalue weighted by atomic mass is 9.69. The molecule has 0 fully saturated rings. The third-order valence-corrected chi connectivity index (χ3v) is 6.41. The summed E-state index contributed by atoms with van der Waals surface area (Å²) in [6.07, 6.45) is 1.14. The number of rotatable bonds is 10. The molecule has 3 rings (SSSR count). The van der Waals surface area contributed by atoms with Gasteiger partial charge in [0.1, 0.15) is 23.0 Å². The predicted molar refractivity (Wildman–Crippen MR) is 152 cm³/mol. The molecule has 0 bridgehead atoms. The summed E-state index contributed by atoms with van der Waals surface area (Å²) >= 11 is 0. The van der Waals surface area contributed by atoms with E-state index in [9.17, 15) is 0 Å². The van der Waals surface area contributed by atoms with Gasteiger partial charge in [0.05, 0.1) is 13.2 Å². The van der Waals surface area contributed by atoms with Gasteiger partial charge in [0.15, 0.2) is 0 Å². The van der Waals surface area contributed by atoms with Gasteiger partial charge in [0, 0.05) is 25.3 Å². The van der Waals surface area contributed by atoms with Crippen LogP contribution in [-0.4, -0.2) is 14.2 Å². The summed E-state index contributed by atoms with van der Waals surface area (Å²) < 4.78 is 23.3. The molecule has 1 atom stereocenters. The van der Waals surface area contributed by atoms with Gasteiger partial charge in [-0.05, 0) is 72.1 Å². The number of aryl methyl sites for hydroxylation is 1. The molecule has 37 heavy (non-hydrogen) atoms. The molecular weight excluding hydrogens is 460 g/mol. The molecule has 0 amide bonds. The third-order valence-electron chi connectivity index (χ3n) is 6.41. The van der Waals surface area contributed by atoms with Crippen molar-refractivity contribution in [3.63, 3.8) is 0 Å². The fourth-order valence-electron chi connectivity index (χ4n) is 4.72. The monoisotopic (exact) mass is 504 g/mol. The van der Waals surface area contributed by atoms with Crippen molar-refractivity contribution in [2.75, 3.05) is 14.2 Å². The van der Waals surface area contributed by atoms with Crippen LogP contribution in [0.5, 0.6) is 23.0 Å². The van der Waals surface area contributed by atoms with Gasteiger partial charge in [-0.3, -0.25) is 0 Å². The summed E-state index contributed by atoms with van der Waals surface area (Å²) in [6, 6.07) is 20.5. The molecule has 200 valence electrons. The van der Waals surface area contributed by atoms with Gasteiger partial charge < -0.3 is 18.9 Å². The van der Waals surface area contributed by atoms with Crippen molar-refractivity contribution in [3.8, 4) is 23.0 Å². The summed E-state index contributed by atoms with van der Waals surface area (Å²) in [5, 5.41) is 0. The lowest BCUT2D eigenvalue weighted by Crippen LogP contribution is -2.23. The van der Waals surface area contributed by atoms with E-state index < -0.39 is 0 Å². The molecule has 0 saturated heterocycles. The largest absolute Gasteiger partial charge is 0.457 e. The van der Waals surface area contributed by atoms with Gasteiger partial charge in [-0.25, -0.2) is 0 Å². The fraction of sp³-hybridized carbons (Fsp3) is 0.455. The first-order chi connectivity index (χ1) is 17.4. The standard InChI is InChI=1S/C33H44O4/c1-23-18-25(21-34-8)31(26(19-23)22-35-9)37-29-16-14-28(15-17-29)36-27-12-10-24(11-13-27)30(33(5,6)7)20-32(2,3)4/h10-19,30H,20-22H2,1-9H3. The van der Waals surface area contributed by atoms with E-state index in [2.05, 4.69) is 84.9 Å². The maximum Gasteiger partial charge on any atom is 0.138 e. The Bertz CT molecular complexity index is 1110. The summed E-state index contributed by atoms with van der Waals surface area (Å²) in [5.74, 6) is 3.58. The molecule has 4 heteroatoms. The van der Waals surface area contributed by atoms with Crippen molar-refractivity contribution in [2.45, 2.75) is 74.0 Å². The molecule has 0 aliphatic heterocycles. The minimum Gasteiger partial charge on any atom is -0.457 e. The van der Waals surface area contributed by atoms with Gasteiger partial charge >= 0.3 is 0 Å². The van der Waals surface area contributed by atoms with Crippen LogP contribution in [0.4, 0.5) is 0 Å². The van der Waals surface area contributed by atoms with Crippen molar-refractivity contribution in [3.05, 3.63) is 82.9 Å². The van der Waals surface area contributed by atoms with E-state index in [0.29, 0.717) is 19.1 Å². The molecule has 0 aliphatic rings. The maximum atomic E-state index is 6.30. The number of benzene rings is 3. The second-order valence-corrected chi connectivity index (χ2v) is 12.2. The first-order valence-electron chi connectivity index (χ1n) is 13.1. The molecule has 1 unspecified atom stereocenters. The quantitative estimate of drug-likeness (QED) is 0.275. The summed E-state index contributed by atoms with van der Waals surface area (Å²) in [6.45, 7) is 16.9. The summed E-state index contributed by atoms with van der Waals surface area (Å²) in [4.78, 5) is 0. The molecule has 0 aromatic heterocycles. The van der Waals surface area contributed by atoms with Gasteiger partial charge in [0.2, 0.25) is 0 Å². The van der Waals surface area contributed by atoms with Crippen LogP contribution >= 0.6 is 0 Å². The molecule has 4 nitrogen and oxygen atoms in total. The van der Waals surface area contributed by atoms with Crippen LogP contribution in [0.3, 0.4) is 0 Å². The molecule has 3 aromatic carbocycles. The zero-order valence-electron chi connectivity index (χ0n) is 24.1. The molecule has 0 saturated carbocycles. The third kappa shape index (κ3) is 8.34. The number of methoxy groups -OCH3 is 2. The number of hydrogen-bond acceptors (Lipinski definition) is 4. The normalized spacial score (nSPS) is 12.9. The zero-order chi connectivity index (χ0) is 27.2. The number of ether oxygens (including phenoxy) is 4. The van der Waals surface area contributed by atoms with E-state index in [1.165, 1.54) is 5.56 Å². The first kappa shape index (κ1) is 28.7. The SMILES string of the molecule is COCc1cc(C)cc(COC)c1Oc1ccc(Oc2ccc(C(CC(C)(C)C)C(C)(C)C)cc2)cc1. The Morgan fingerprint density at radius 1 is 0.649 bits per heavy atom. The van der Waals surface area contributed by atoms with Crippen LogP contribution < -0.4 is 9.47 Å². The Morgan fingerprint density at radius 3 is 1.49 bits per heavy atom. The van der Waals surface area contributed by atoms with Crippen molar-refractivity contribution < 1.29 is 18.9 Å². The Labute approximate surface area is 223 Å². The smallest absolute Gasteiger partial charge is 0.138 e. The predicted octanol–water partition coefficient (Wildman–Crippen LogP) is 9.44. The molecule has 0 N–H and O–H groups in total. The van der Waals surface area contributed by atoms with E-state index in [1.54, 1.807) is 14.2 Å². The topological polar surface area (TPSA) is 36.9 Å². The fourth-order valence-corrected chi connectivity index (χ4v) is 4.72. The van der Waals surface area contributed by atoms with E-state index in [0.717, 1.165) is 46.1 Å². The van der Waals surface area contributed by atoms with Crippen molar-refractivity contribution in [2.24, 2.45) is 10.8 Å². The molecule has 0 heterocycles. The van der Waals surface area contributed by atoms with Crippen LogP contribution in [0.15, 0.2) is 60.7 Å². The first-order valence-corrected chi connectivity index (χ1v) is 13.1. The van der Waals surface area contributed by atoms with Gasteiger partial charge in [-0.15, -0.1) is 0 Å². The maximum absolute atomic E-state index is 6.30. The van der Waals surface area contributed by atoms with Crippen molar-refractivity contribution >= 4 is 0 Å². The highest BCUT2D eigenvalue weighted by molar-refractivity contribution is 5.47. The van der Waals surface area contributed by atoms with Crippen LogP contribution in [0.25, 0.3) is 0 Å². The van der Waals surface area contributed by atoms with E-state index >= 15 is 0 Å². The lowest BCUT2D eigenvalue weighted by Gasteiger charge is -2.36. The summed E-state index contributed by atoms with van der Waals surface area (Å²) in [5.41, 5.74) is 4.95. The average Bonchev–Trinajstić information content (AvgIpc) is 2.80. The second kappa shape index (κ2) is 12.1. The van der Waals surface area contributed by atoms with Gasteiger partial charge in [-0.1, -0.05) is 71.4 Å². The number of hydrogen-bond donors (Lipinski definition) is 0. The second-order valence-electron chi connectivity index (χ2n) is 12.2. The van der Waals surface area contributed by atoms with E-state index in [1.807, 2.05) is 24.3 Å². The van der Waals surface area contributed by atoms with E-state index in [-0.39, 0.29) is 10.8 Å². The minimum absolute atomic E-state index is 0.190. The Hall–Kier alpha value is -2.82. The van der Waals surface area contributed by atoms with Crippen LogP contribution in [0, 0.1) is 17.8 Å². The van der Waals surface area contributed by atoms with Crippen LogP contribution in [-0.2, 0) is 22.7 Å². The van der Waals surface area contributed by atoms with Gasteiger partial charge in [0.25, 0.3) is 0 Å². The molecular formula is C33H44O4. The highest BCUT2D eigenvalue weighted by Gasteiger charge is 2.30. The summed E-state index contributed by atoms with van der Waals surface area (Å²) in [7, 11) is 3.38. The van der Waals surface area contributed by atoms with Crippen molar-refractivity contribution in [1.29, 1.82) is 0 Å². The van der Waals surface area contributed by atoms with Crippen molar-refractivity contribution in [1.82, 2.24) is 0 Å². The molecule has 0 spiro atoms. The van der Waals surface area contributed by atoms with Gasteiger partial charge in [-0.2, -0.15) is 0 Å². The van der Waals surface area contributed by atoms with E-state index in [4.69, 9.17) is 18.9 Å². The van der Waals surface area contributed by atoms with Crippen LogP contribution in [0.1, 0.15) is 76.1 Å². The van der Waals surface area contributed by atoms with Crippen LogP contribution in [0.2, 0.25) is 0 Å². The Balaban J connectivity index is 1.74. The molecule has 0 aliphatic carbocycles. The average molecular weight is 505 g/mol. The molecule has 3 aromatic rings. The minimum atomic E-state index is 0.190. The lowest BCUT2D eigenvalue weighted by molar-refractivity contribution is 0.175. The Kier molecular flexibility index (Phi) is 9.44. The molecule has 0 radical (unpaired) electrons. The highest BCUT2D eigenvalue weighted by Crippen LogP contribution is 2.43. The zero-order valence-corrected chi connectivity index (χ0v) is 24.1. The Morgan fingerprint density at radius 2 is 1.08 bits per heavy atom.